The molecule has 1 fully saturated rings. The number of ether oxygens (including phenoxy) is 1. The van der Waals surface area contributed by atoms with E-state index in [1.54, 1.807) is 10.6 Å². The molecule has 1 unspecified atom stereocenters. The number of fused-ring (bicyclic) bond motifs is 1. The molecule has 36 heavy (non-hydrogen) atoms. The molecule has 4 heterocycles. The summed E-state index contributed by atoms with van der Waals surface area (Å²) in [5.74, 6) is 1.34. The highest BCUT2D eigenvalue weighted by Gasteiger charge is 2.24. The highest BCUT2D eigenvalue weighted by molar-refractivity contribution is 5.70. The van der Waals surface area contributed by atoms with Crippen LogP contribution in [0.5, 0.6) is 0 Å². The quantitative estimate of drug-likeness (QED) is 0.411. The Morgan fingerprint density at radius 3 is 2.86 bits per heavy atom. The normalized spacial score (nSPS) is 15.7. The maximum Gasteiger partial charge on any atom is 0.308 e. The van der Waals surface area contributed by atoms with Crippen LogP contribution < -0.4 is 10.9 Å². The lowest BCUT2D eigenvalue weighted by molar-refractivity contribution is -0.143. The topological polar surface area (TPSA) is 91.0 Å². The number of aromatic nitrogens is 4. The van der Waals surface area contributed by atoms with Gasteiger partial charge in [0.25, 0.3) is 5.56 Å². The van der Waals surface area contributed by atoms with Gasteiger partial charge in [0, 0.05) is 37.2 Å². The summed E-state index contributed by atoms with van der Waals surface area (Å²) in [6.45, 7) is 3.87. The van der Waals surface area contributed by atoms with Crippen molar-refractivity contribution in [1.29, 1.82) is 0 Å². The number of pyridine rings is 2. The third-order valence-electron chi connectivity index (χ3n) is 7.01. The van der Waals surface area contributed by atoms with Gasteiger partial charge in [-0.3, -0.25) is 14.3 Å². The zero-order valence-corrected chi connectivity index (χ0v) is 21.0. The molecule has 1 saturated carbocycles. The first-order chi connectivity index (χ1) is 17.6. The SMILES string of the molecule is CCOC(=O)CC(c1ccc(=O)n(CC2CC2)c1)n1ccc(CCCc2ccc3c(n2)NCCC3)n1. The molecule has 1 N–H and O–H groups in total. The van der Waals surface area contributed by atoms with Crippen LogP contribution in [0.15, 0.2) is 47.5 Å². The predicted octanol–water partition coefficient (Wildman–Crippen LogP) is 3.93. The molecule has 0 bridgehead atoms. The van der Waals surface area contributed by atoms with Crippen molar-refractivity contribution < 1.29 is 9.53 Å². The van der Waals surface area contributed by atoms with Crippen LogP contribution in [-0.2, 0) is 35.3 Å². The van der Waals surface area contributed by atoms with E-state index in [2.05, 4.69) is 17.4 Å². The van der Waals surface area contributed by atoms with Crippen molar-refractivity contribution in [3.63, 3.8) is 0 Å². The van der Waals surface area contributed by atoms with Gasteiger partial charge in [-0.2, -0.15) is 5.10 Å². The van der Waals surface area contributed by atoms with E-state index in [9.17, 15) is 9.59 Å². The maximum absolute atomic E-state index is 12.4. The van der Waals surface area contributed by atoms with Crippen molar-refractivity contribution in [2.45, 2.75) is 70.9 Å². The van der Waals surface area contributed by atoms with Crippen molar-refractivity contribution in [3.8, 4) is 0 Å². The fourth-order valence-electron chi connectivity index (χ4n) is 4.85. The molecule has 0 saturated heterocycles. The minimum Gasteiger partial charge on any atom is -0.466 e. The van der Waals surface area contributed by atoms with Crippen molar-refractivity contribution in [2.75, 3.05) is 18.5 Å². The Bertz CT molecular complexity index is 1260. The van der Waals surface area contributed by atoms with Gasteiger partial charge in [-0.05, 0) is 87.1 Å². The summed E-state index contributed by atoms with van der Waals surface area (Å²) in [7, 11) is 0. The second kappa shape index (κ2) is 11.1. The second-order valence-corrected chi connectivity index (χ2v) is 9.90. The minimum atomic E-state index is -0.322. The summed E-state index contributed by atoms with van der Waals surface area (Å²) in [6, 6.07) is 9.43. The number of hydrogen-bond acceptors (Lipinski definition) is 6. The van der Waals surface area contributed by atoms with Gasteiger partial charge in [-0.15, -0.1) is 0 Å². The van der Waals surface area contributed by atoms with Crippen LogP contribution in [0.1, 0.15) is 67.6 Å². The lowest BCUT2D eigenvalue weighted by atomic mass is 10.1. The summed E-state index contributed by atoms with van der Waals surface area (Å²) < 4.78 is 8.86. The number of carbonyl (C=O) groups is 1. The number of carbonyl (C=O) groups excluding carboxylic acids is 1. The number of nitrogens with one attached hydrogen (secondary N) is 1. The number of esters is 1. The summed E-state index contributed by atoms with van der Waals surface area (Å²) >= 11 is 0. The van der Waals surface area contributed by atoms with Gasteiger partial charge in [0.05, 0.1) is 24.8 Å². The van der Waals surface area contributed by atoms with Crippen LogP contribution in [0.25, 0.3) is 0 Å². The van der Waals surface area contributed by atoms with Gasteiger partial charge in [0.15, 0.2) is 0 Å². The Labute approximate surface area is 211 Å². The zero-order chi connectivity index (χ0) is 24.9. The largest absolute Gasteiger partial charge is 0.466 e. The van der Waals surface area contributed by atoms with Crippen LogP contribution in [0.4, 0.5) is 5.82 Å². The lowest BCUT2D eigenvalue weighted by Crippen LogP contribution is -2.23. The van der Waals surface area contributed by atoms with Crippen LogP contribution in [0.3, 0.4) is 0 Å². The van der Waals surface area contributed by atoms with Crippen molar-refractivity contribution in [3.05, 3.63) is 75.6 Å². The van der Waals surface area contributed by atoms with Crippen LogP contribution >= 0.6 is 0 Å². The Hall–Kier alpha value is -3.42. The average Bonchev–Trinajstić information content (AvgIpc) is 3.58. The molecule has 1 atom stereocenters. The smallest absolute Gasteiger partial charge is 0.308 e. The third kappa shape index (κ3) is 6.04. The Kier molecular flexibility index (Phi) is 7.49. The molecule has 2 aliphatic rings. The molecule has 1 aliphatic heterocycles. The fourth-order valence-corrected chi connectivity index (χ4v) is 4.85. The first kappa shape index (κ1) is 24.3. The van der Waals surface area contributed by atoms with E-state index in [0.29, 0.717) is 12.5 Å². The number of hydrogen-bond donors (Lipinski definition) is 1. The number of anilines is 1. The van der Waals surface area contributed by atoms with Crippen molar-refractivity contribution in [1.82, 2.24) is 19.3 Å². The summed E-state index contributed by atoms with van der Waals surface area (Å²) in [5.41, 5.74) is 4.27. The highest BCUT2D eigenvalue weighted by atomic mass is 16.5. The standard InChI is InChI=1S/C28H35N5O3/c1-2-36-27(35)17-25(22-11-13-26(34)32(19-22)18-20-8-9-20)33-16-14-24(31-33)7-3-6-23-12-10-21-5-4-15-29-28(21)30-23/h10-14,16,19-20,25H,2-9,15,17-18H2,1H3,(H,29,30). The summed E-state index contributed by atoms with van der Waals surface area (Å²) in [5, 5.41) is 8.22. The Balaban J connectivity index is 1.28. The fraction of sp³-hybridized carbons (Fsp3) is 0.500. The van der Waals surface area contributed by atoms with Crippen LogP contribution in [0.2, 0.25) is 0 Å². The third-order valence-corrected chi connectivity index (χ3v) is 7.01. The number of aryl methyl sites for hydroxylation is 3. The van der Waals surface area contributed by atoms with E-state index >= 15 is 0 Å². The van der Waals surface area contributed by atoms with E-state index in [0.717, 1.165) is 68.0 Å². The van der Waals surface area contributed by atoms with E-state index < -0.39 is 0 Å². The lowest BCUT2D eigenvalue weighted by Gasteiger charge is -2.19. The van der Waals surface area contributed by atoms with Gasteiger partial charge >= 0.3 is 5.97 Å². The van der Waals surface area contributed by atoms with Gasteiger partial charge < -0.3 is 14.6 Å². The molecule has 3 aromatic heterocycles. The molecule has 0 amide bonds. The molecule has 5 rings (SSSR count). The van der Waals surface area contributed by atoms with Gasteiger partial charge in [0.1, 0.15) is 5.82 Å². The molecule has 0 radical (unpaired) electrons. The Morgan fingerprint density at radius 2 is 2.03 bits per heavy atom. The second-order valence-electron chi connectivity index (χ2n) is 9.90. The maximum atomic E-state index is 12.4. The molecule has 0 aromatic carbocycles. The van der Waals surface area contributed by atoms with Gasteiger partial charge in [-0.25, -0.2) is 4.98 Å². The van der Waals surface area contributed by atoms with E-state index in [-0.39, 0.29) is 24.0 Å². The zero-order valence-electron chi connectivity index (χ0n) is 21.0. The monoisotopic (exact) mass is 489 g/mol. The summed E-state index contributed by atoms with van der Waals surface area (Å²) in [4.78, 5) is 29.6. The van der Waals surface area contributed by atoms with Crippen LogP contribution in [0, 0.1) is 5.92 Å². The molecule has 8 heteroatoms. The van der Waals surface area contributed by atoms with Crippen molar-refractivity contribution >= 4 is 11.8 Å². The van der Waals surface area contributed by atoms with Crippen LogP contribution in [-0.4, -0.2) is 38.5 Å². The average molecular weight is 490 g/mol. The molecule has 8 nitrogen and oxygen atoms in total. The first-order valence-electron chi connectivity index (χ1n) is 13.2. The molecule has 3 aromatic rings. The van der Waals surface area contributed by atoms with E-state index in [4.69, 9.17) is 14.8 Å². The molecule has 1 aliphatic carbocycles. The van der Waals surface area contributed by atoms with Gasteiger partial charge in [-0.1, -0.05) is 6.07 Å². The molecule has 0 spiro atoms. The summed E-state index contributed by atoms with van der Waals surface area (Å²) in [6.07, 6.45) is 11.2. The highest BCUT2D eigenvalue weighted by Crippen LogP contribution is 2.30. The molecule has 190 valence electrons. The predicted molar refractivity (Wildman–Crippen MR) is 138 cm³/mol. The Morgan fingerprint density at radius 1 is 1.17 bits per heavy atom. The van der Waals surface area contributed by atoms with E-state index in [1.165, 1.54) is 18.4 Å². The van der Waals surface area contributed by atoms with Crippen molar-refractivity contribution in [2.24, 2.45) is 5.92 Å². The minimum absolute atomic E-state index is 0.00678. The first-order valence-corrected chi connectivity index (χ1v) is 13.2. The van der Waals surface area contributed by atoms with Gasteiger partial charge in [0.2, 0.25) is 0 Å². The molecular weight excluding hydrogens is 454 g/mol. The number of rotatable bonds is 11. The molecular formula is C28H35N5O3. The van der Waals surface area contributed by atoms with E-state index in [1.807, 2.05) is 36.1 Å². The number of nitrogens with zero attached hydrogens (tertiary/aromatic N) is 4.